The SMILES string of the molecule is CC(=O)c1ccc(N2Cc3ccccc3C2)o1. The molecule has 1 aliphatic rings. The van der Waals surface area contributed by atoms with E-state index in [0.717, 1.165) is 19.0 Å². The lowest BCUT2D eigenvalue weighted by Crippen LogP contribution is -2.13. The Bertz CT molecular complexity index is 546. The molecule has 3 nitrogen and oxygen atoms in total. The zero-order valence-corrected chi connectivity index (χ0v) is 9.64. The molecule has 2 heterocycles. The highest BCUT2D eigenvalue weighted by Gasteiger charge is 2.21. The molecule has 0 unspecified atom stereocenters. The third-order valence-corrected chi connectivity index (χ3v) is 3.09. The average molecular weight is 227 g/mol. The maximum absolute atomic E-state index is 11.2. The fourth-order valence-corrected chi connectivity index (χ4v) is 2.18. The van der Waals surface area contributed by atoms with Crippen molar-refractivity contribution in [3.63, 3.8) is 0 Å². The molecule has 0 fully saturated rings. The van der Waals surface area contributed by atoms with Gasteiger partial charge >= 0.3 is 0 Å². The molecular weight excluding hydrogens is 214 g/mol. The summed E-state index contributed by atoms with van der Waals surface area (Å²) in [7, 11) is 0. The van der Waals surface area contributed by atoms with Gasteiger partial charge in [0.05, 0.1) is 0 Å². The van der Waals surface area contributed by atoms with Crippen LogP contribution >= 0.6 is 0 Å². The van der Waals surface area contributed by atoms with Crippen molar-refractivity contribution < 1.29 is 9.21 Å². The third kappa shape index (κ3) is 1.73. The number of furan rings is 1. The predicted molar refractivity (Wildman–Crippen MR) is 65.0 cm³/mol. The van der Waals surface area contributed by atoms with Crippen molar-refractivity contribution in [2.24, 2.45) is 0 Å². The summed E-state index contributed by atoms with van der Waals surface area (Å²) in [6.07, 6.45) is 0. The van der Waals surface area contributed by atoms with E-state index < -0.39 is 0 Å². The Hall–Kier alpha value is -2.03. The number of benzene rings is 1. The van der Waals surface area contributed by atoms with Crippen molar-refractivity contribution in [2.75, 3.05) is 4.90 Å². The summed E-state index contributed by atoms with van der Waals surface area (Å²) in [5.41, 5.74) is 2.65. The molecule has 1 aromatic carbocycles. The minimum atomic E-state index is -0.0343. The summed E-state index contributed by atoms with van der Waals surface area (Å²) >= 11 is 0. The average Bonchev–Trinajstić information content (AvgIpc) is 2.95. The molecule has 0 bridgehead atoms. The van der Waals surface area contributed by atoms with Crippen LogP contribution in [0.25, 0.3) is 0 Å². The second-order valence-corrected chi connectivity index (χ2v) is 4.32. The van der Waals surface area contributed by atoms with Crippen molar-refractivity contribution in [1.29, 1.82) is 0 Å². The van der Waals surface area contributed by atoms with Crippen LogP contribution in [0.15, 0.2) is 40.8 Å². The van der Waals surface area contributed by atoms with Crippen molar-refractivity contribution in [1.82, 2.24) is 0 Å². The molecule has 0 atom stereocenters. The highest BCUT2D eigenvalue weighted by molar-refractivity contribution is 5.91. The molecule has 0 saturated carbocycles. The van der Waals surface area contributed by atoms with Gasteiger partial charge in [0, 0.05) is 26.1 Å². The van der Waals surface area contributed by atoms with E-state index >= 15 is 0 Å². The monoisotopic (exact) mass is 227 g/mol. The maximum Gasteiger partial charge on any atom is 0.196 e. The number of ketones is 1. The molecule has 86 valence electrons. The summed E-state index contributed by atoms with van der Waals surface area (Å²) in [5.74, 6) is 1.16. The summed E-state index contributed by atoms with van der Waals surface area (Å²) in [5, 5.41) is 0. The molecule has 3 heteroatoms. The summed E-state index contributed by atoms with van der Waals surface area (Å²) in [6.45, 7) is 3.21. The number of carbonyl (C=O) groups excluding carboxylic acids is 1. The molecule has 0 N–H and O–H groups in total. The molecule has 0 spiro atoms. The van der Waals surface area contributed by atoms with E-state index in [1.807, 2.05) is 18.2 Å². The van der Waals surface area contributed by atoms with Gasteiger partial charge in [0.15, 0.2) is 17.4 Å². The number of nitrogens with zero attached hydrogens (tertiary/aromatic N) is 1. The normalized spacial score (nSPS) is 13.8. The van der Waals surface area contributed by atoms with Crippen LogP contribution in [-0.2, 0) is 13.1 Å². The van der Waals surface area contributed by atoms with Crippen LogP contribution in [0, 0.1) is 0 Å². The Labute approximate surface area is 99.7 Å². The topological polar surface area (TPSA) is 33.5 Å². The zero-order chi connectivity index (χ0) is 11.8. The fourth-order valence-electron chi connectivity index (χ4n) is 2.18. The fraction of sp³-hybridized carbons (Fsp3) is 0.214. The molecule has 0 aliphatic carbocycles. The second kappa shape index (κ2) is 3.77. The van der Waals surface area contributed by atoms with Crippen molar-refractivity contribution in [3.05, 3.63) is 53.3 Å². The largest absolute Gasteiger partial charge is 0.437 e. The predicted octanol–water partition coefficient (Wildman–Crippen LogP) is 3.00. The Morgan fingerprint density at radius 1 is 1.12 bits per heavy atom. The number of Topliss-reactive ketones (excluding diaryl/α,β-unsaturated/α-hetero) is 1. The van der Waals surface area contributed by atoms with Crippen LogP contribution < -0.4 is 4.90 Å². The Morgan fingerprint density at radius 2 is 1.76 bits per heavy atom. The molecular formula is C14H13NO2. The van der Waals surface area contributed by atoms with E-state index in [9.17, 15) is 4.79 Å². The minimum absolute atomic E-state index is 0.0343. The van der Waals surface area contributed by atoms with Gasteiger partial charge in [0.25, 0.3) is 0 Å². The van der Waals surface area contributed by atoms with Crippen molar-refractivity contribution in [3.8, 4) is 0 Å². The number of carbonyl (C=O) groups is 1. The van der Waals surface area contributed by atoms with Crippen molar-refractivity contribution in [2.45, 2.75) is 20.0 Å². The van der Waals surface area contributed by atoms with Crippen LogP contribution in [0.4, 0.5) is 5.88 Å². The molecule has 1 aliphatic heterocycles. The zero-order valence-electron chi connectivity index (χ0n) is 9.64. The van der Waals surface area contributed by atoms with E-state index in [4.69, 9.17) is 4.42 Å². The van der Waals surface area contributed by atoms with E-state index in [2.05, 4.69) is 17.0 Å². The van der Waals surface area contributed by atoms with E-state index in [-0.39, 0.29) is 5.78 Å². The van der Waals surface area contributed by atoms with Crippen LogP contribution in [-0.4, -0.2) is 5.78 Å². The quantitative estimate of drug-likeness (QED) is 0.739. The van der Waals surface area contributed by atoms with Crippen molar-refractivity contribution >= 4 is 11.7 Å². The van der Waals surface area contributed by atoms with Crippen LogP contribution in [0.3, 0.4) is 0 Å². The standard InChI is InChI=1S/C14H13NO2/c1-10(16)13-6-7-14(17-13)15-8-11-4-2-3-5-12(11)9-15/h2-7H,8-9H2,1H3. The lowest BCUT2D eigenvalue weighted by molar-refractivity contribution is 0.0988. The van der Waals surface area contributed by atoms with Crippen LogP contribution in [0.2, 0.25) is 0 Å². The van der Waals surface area contributed by atoms with Gasteiger partial charge < -0.3 is 9.32 Å². The lowest BCUT2D eigenvalue weighted by Gasteiger charge is -2.13. The summed E-state index contributed by atoms with van der Waals surface area (Å²) < 4.78 is 5.54. The second-order valence-electron chi connectivity index (χ2n) is 4.32. The molecule has 0 radical (unpaired) electrons. The Morgan fingerprint density at radius 3 is 2.29 bits per heavy atom. The molecule has 0 amide bonds. The Balaban J connectivity index is 1.86. The number of fused-ring (bicyclic) bond motifs is 1. The smallest absolute Gasteiger partial charge is 0.196 e. The van der Waals surface area contributed by atoms with Gasteiger partial charge in [-0.1, -0.05) is 24.3 Å². The first-order chi connectivity index (χ1) is 8.24. The molecule has 17 heavy (non-hydrogen) atoms. The molecule has 0 saturated heterocycles. The molecule has 3 rings (SSSR count). The molecule has 1 aromatic heterocycles. The van der Waals surface area contributed by atoms with E-state index in [1.165, 1.54) is 18.1 Å². The van der Waals surface area contributed by atoms with E-state index in [0.29, 0.717) is 5.76 Å². The first-order valence-electron chi connectivity index (χ1n) is 5.66. The van der Waals surface area contributed by atoms with Gasteiger partial charge in [0.1, 0.15) is 0 Å². The number of hydrogen-bond acceptors (Lipinski definition) is 3. The maximum atomic E-state index is 11.2. The van der Waals surface area contributed by atoms with Crippen LogP contribution in [0.1, 0.15) is 28.6 Å². The highest BCUT2D eigenvalue weighted by atomic mass is 16.4. The van der Waals surface area contributed by atoms with Gasteiger partial charge in [-0.05, 0) is 17.2 Å². The number of rotatable bonds is 2. The number of hydrogen-bond donors (Lipinski definition) is 0. The van der Waals surface area contributed by atoms with Crippen LogP contribution in [0.5, 0.6) is 0 Å². The van der Waals surface area contributed by atoms with Gasteiger partial charge in [0.2, 0.25) is 0 Å². The van der Waals surface area contributed by atoms with Gasteiger partial charge in [-0.3, -0.25) is 4.79 Å². The summed E-state index contributed by atoms with van der Waals surface area (Å²) in [4.78, 5) is 13.3. The summed E-state index contributed by atoms with van der Waals surface area (Å²) in [6, 6.07) is 12.0. The Kier molecular flexibility index (Phi) is 2.25. The highest BCUT2D eigenvalue weighted by Crippen LogP contribution is 2.29. The first-order valence-corrected chi connectivity index (χ1v) is 5.66. The third-order valence-electron chi connectivity index (χ3n) is 3.09. The van der Waals surface area contributed by atoms with E-state index in [1.54, 1.807) is 6.07 Å². The van der Waals surface area contributed by atoms with Gasteiger partial charge in [-0.25, -0.2) is 0 Å². The van der Waals surface area contributed by atoms with Gasteiger partial charge in [-0.2, -0.15) is 0 Å². The number of anilines is 1. The lowest BCUT2D eigenvalue weighted by atomic mass is 10.1. The first kappa shape index (κ1) is 10.1. The van der Waals surface area contributed by atoms with Gasteiger partial charge in [-0.15, -0.1) is 0 Å². The minimum Gasteiger partial charge on any atom is -0.437 e. The molecule has 2 aromatic rings.